The molecule has 0 radical (unpaired) electrons. The summed E-state index contributed by atoms with van der Waals surface area (Å²) in [7, 11) is 0. The van der Waals surface area contributed by atoms with Crippen molar-refractivity contribution >= 4 is 11.9 Å². The van der Waals surface area contributed by atoms with Gasteiger partial charge in [0.25, 0.3) is 0 Å². The van der Waals surface area contributed by atoms with E-state index in [-0.39, 0.29) is 25.6 Å². The van der Waals surface area contributed by atoms with Gasteiger partial charge in [0.05, 0.1) is 6.61 Å². The lowest BCUT2D eigenvalue weighted by Gasteiger charge is -2.15. The minimum atomic E-state index is -0.828. The Labute approximate surface area is 306 Å². The average Bonchev–Trinajstić information content (AvgIpc) is 3.12. The fourth-order valence-corrected chi connectivity index (χ4v) is 4.64. The monoisotopic (exact) mass is 691 g/mol. The van der Waals surface area contributed by atoms with Crippen LogP contribution >= 0.6 is 0 Å². The van der Waals surface area contributed by atoms with Gasteiger partial charge < -0.3 is 14.6 Å². The van der Waals surface area contributed by atoms with Gasteiger partial charge in [0.15, 0.2) is 6.10 Å². The lowest BCUT2D eigenvalue weighted by molar-refractivity contribution is -0.161. The summed E-state index contributed by atoms with van der Waals surface area (Å²) < 4.78 is 10.5. The molecular formula is C45H70O5. The highest BCUT2D eigenvalue weighted by Crippen LogP contribution is 2.08. The molecule has 0 unspecified atom stereocenters. The van der Waals surface area contributed by atoms with E-state index in [1.807, 2.05) is 12.2 Å². The van der Waals surface area contributed by atoms with Crippen LogP contribution in [0.4, 0.5) is 0 Å². The molecule has 0 heterocycles. The predicted molar refractivity (Wildman–Crippen MR) is 214 cm³/mol. The SMILES string of the molecule is CC/C=C/C/C=C/C/C=C/C/C=C/C/C=C/C/C=C/CCC(=O)O[C@@H](CO)COC(=O)CCCCCC/C=C/C/C=C/C/C=C/CCCCC. The van der Waals surface area contributed by atoms with Crippen molar-refractivity contribution in [1.82, 2.24) is 0 Å². The third-order valence-corrected chi connectivity index (χ3v) is 7.56. The topological polar surface area (TPSA) is 72.8 Å². The van der Waals surface area contributed by atoms with Crippen molar-refractivity contribution < 1.29 is 24.2 Å². The van der Waals surface area contributed by atoms with Crippen LogP contribution in [-0.2, 0) is 19.1 Å². The third kappa shape index (κ3) is 37.4. The first-order valence-electron chi connectivity index (χ1n) is 19.4. The van der Waals surface area contributed by atoms with Crippen LogP contribution < -0.4 is 0 Å². The first kappa shape index (κ1) is 46.6. The number of ether oxygens (including phenoxy) is 2. The van der Waals surface area contributed by atoms with Gasteiger partial charge in [-0.3, -0.25) is 9.59 Å². The summed E-state index contributed by atoms with van der Waals surface area (Å²) in [6.07, 6.45) is 57.2. The summed E-state index contributed by atoms with van der Waals surface area (Å²) >= 11 is 0. The summed E-state index contributed by atoms with van der Waals surface area (Å²) in [4.78, 5) is 24.2. The van der Waals surface area contributed by atoms with E-state index in [9.17, 15) is 14.7 Å². The molecule has 0 spiro atoms. The molecule has 5 heteroatoms. The first-order chi connectivity index (χ1) is 24.6. The van der Waals surface area contributed by atoms with Gasteiger partial charge in [-0.15, -0.1) is 0 Å². The maximum atomic E-state index is 12.1. The van der Waals surface area contributed by atoms with Gasteiger partial charge in [-0.25, -0.2) is 0 Å². The number of aliphatic hydroxyl groups is 1. The van der Waals surface area contributed by atoms with E-state index < -0.39 is 12.1 Å². The molecule has 0 fully saturated rings. The Morgan fingerprint density at radius 2 is 0.900 bits per heavy atom. The van der Waals surface area contributed by atoms with Crippen LogP contribution in [0.15, 0.2) is 109 Å². The Balaban J connectivity index is 3.78. The Morgan fingerprint density at radius 1 is 0.480 bits per heavy atom. The van der Waals surface area contributed by atoms with Crippen LogP contribution in [0.25, 0.3) is 0 Å². The van der Waals surface area contributed by atoms with Crippen LogP contribution in [-0.4, -0.2) is 36.4 Å². The Kier molecular flexibility index (Phi) is 37.2. The standard InChI is InChI=1S/C45H70O5/c1-3-5-7-9-11-13-15-17-19-21-22-24-26-28-30-32-34-36-38-40-45(48)50-43(41-46)42-49-44(47)39-37-35-33-31-29-27-25-23-20-18-16-14-12-10-8-6-4-2/h5,7,11-14,17-20,22,24-25,27-28,30,34,36,43,46H,3-4,6,8-10,15-16,21,23,26,29,31-33,35,37-42H2,1-2H3/b7-5+,13-11+,14-12+,19-17+,20-18+,24-22+,27-25+,30-28+,36-34+/t43-/m0/s1. The number of carbonyl (C=O) groups is 2. The van der Waals surface area contributed by atoms with Crippen molar-refractivity contribution in [1.29, 1.82) is 0 Å². The molecular weight excluding hydrogens is 620 g/mol. The summed E-state index contributed by atoms with van der Waals surface area (Å²) in [6.45, 7) is 3.89. The number of unbranched alkanes of at least 4 members (excludes halogenated alkanes) is 7. The lowest BCUT2D eigenvalue weighted by atomic mass is 10.1. The van der Waals surface area contributed by atoms with Gasteiger partial charge in [0.1, 0.15) is 6.61 Å². The molecule has 0 aliphatic heterocycles. The molecule has 0 aliphatic carbocycles. The molecule has 0 saturated carbocycles. The van der Waals surface area contributed by atoms with Gasteiger partial charge in [0.2, 0.25) is 0 Å². The quantitative estimate of drug-likeness (QED) is 0.0421. The highest BCUT2D eigenvalue weighted by atomic mass is 16.6. The maximum Gasteiger partial charge on any atom is 0.306 e. The summed E-state index contributed by atoms with van der Waals surface area (Å²) in [5.41, 5.74) is 0. The molecule has 0 aromatic rings. The van der Waals surface area contributed by atoms with E-state index in [4.69, 9.17) is 9.47 Å². The van der Waals surface area contributed by atoms with Crippen LogP contribution in [0, 0.1) is 0 Å². The Hall–Kier alpha value is -3.44. The summed E-state index contributed by atoms with van der Waals surface area (Å²) in [5, 5.41) is 9.54. The minimum Gasteiger partial charge on any atom is -0.462 e. The molecule has 0 amide bonds. The highest BCUT2D eigenvalue weighted by molar-refractivity contribution is 5.70. The second kappa shape index (κ2) is 40.0. The van der Waals surface area contributed by atoms with E-state index in [2.05, 4.69) is 111 Å². The molecule has 0 saturated heterocycles. The van der Waals surface area contributed by atoms with Gasteiger partial charge in [-0.05, 0) is 89.9 Å². The van der Waals surface area contributed by atoms with Crippen molar-refractivity contribution in [2.24, 2.45) is 0 Å². The molecule has 0 aliphatic rings. The van der Waals surface area contributed by atoms with Gasteiger partial charge in [-0.1, -0.05) is 149 Å². The van der Waals surface area contributed by atoms with Crippen LogP contribution in [0.2, 0.25) is 0 Å². The van der Waals surface area contributed by atoms with Gasteiger partial charge in [-0.2, -0.15) is 0 Å². The van der Waals surface area contributed by atoms with Gasteiger partial charge >= 0.3 is 11.9 Å². The third-order valence-electron chi connectivity index (χ3n) is 7.56. The van der Waals surface area contributed by atoms with E-state index in [0.29, 0.717) is 12.8 Å². The molecule has 5 nitrogen and oxygen atoms in total. The van der Waals surface area contributed by atoms with Gasteiger partial charge in [0, 0.05) is 12.8 Å². The fourth-order valence-electron chi connectivity index (χ4n) is 4.64. The van der Waals surface area contributed by atoms with E-state index in [0.717, 1.165) is 83.5 Å². The highest BCUT2D eigenvalue weighted by Gasteiger charge is 2.15. The normalized spacial score (nSPS) is 13.4. The fraction of sp³-hybridized carbons (Fsp3) is 0.556. The predicted octanol–water partition coefficient (Wildman–Crippen LogP) is 12.3. The summed E-state index contributed by atoms with van der Waals surface area (Å²) in [6, 6.07) is 0. The second-order valence-corrected chi connectivity index (χ2v) is 12.3. The number of esters is 2. The molecule has 1 atom stereocenters. The van der Waals surface area contributed by atoms with Crippen LogP contribution in [0.1, 0.15) is 142 Å². The molecule has 0 bridgehead atoms. The van der Waals surface area contributed by atoms with E-state index in [1.165, 1.54) is 25.7 Å². The lowest BCUT2D eigenvalue weighted by Crippen LogP contribution is -2.28. The van der Waals surface area contributed by atoms with Crippen molar-refractivity contribution in [3.63, 3.8) is 0 Å². The second-order valence-electron chi connectivity index (χ2n) is 12.3. The number of rotatable bonds is 33. The van der Waals surface area contributed by atoms with E-state index in [1.54, 1.807) is 0 Å². The zero-order valence-corrected chi connectivity index (χ0v) is 31.6. The number of carbonyl (C=O) groups excluding carboxylic acids is 2. The molecule has 1 N–H and O–H groups in total. The van der Waals surface area contributed by atoms with Crippen LogP contribution in [0.3, 0.4) is 0 Å². The Morgan fingerprint density at radius 3 is 1.36 bits per heavy atom. The number of hydrogen-bond donors (Lipinski definition) is 1. The van der Waals surface area contributed by atoms with Crippen molar-refractivity contribution in [2.75, 3.05) is 13.2 Å². The van der Waals surface area contributed by atoms with Crippen molar-refractivity contribution in [3.8, 4) is 0 Å². The number of hydrogen-bond acceptors (Lipinski definition) is 5. The zero-order valence-electron chi connectivity index (χ0n) is 31.6. The largest absolute Gasteiger partial charge is 0.462 e. The Bertz CT molecular complexity index is 1050. The van der Waals surface area contributed by atoms with Crippen molar-refractivity contribution in [3.05, 3.63) is 109 Å². The average molecular weight is 691 g/mol. The number of allylic oxidation sites excluding steroid dienone is 18. The smallest absolute Gasteiger partial charge is 0.306 e. The summed E-state index contributed by atoms with van der Waals surface area (Å²) in [5.74, 6) is -0.727. The van der Waals surface area contributed by atoms with Crippen LogP contribution in [0.5, 0.6) is 0 Å². The first-order valence-corrected chi connectivity index (χ1v) is 19.4. The molecule has 50 heavy (non-hydrogen) atoms. The number of aliphatic hydroxyl groups excluding tert-OH is 1. The van der Waals surface area contributed by atoms with E-state index >= 15 is 0 Å². The zero-order chi connectivity index (χ0) is 36.4. The molecule has 280 valence electrons. The molecule has 0 rings (SSSR count). The van der Waals surface area contributed by atoms with Crippen molar-refractivity contribution in [2.45, 2.75) is 148 Å². The molecule has 0 aromatic heterocycles. The minimum absolute atomic E-state index is 0.116. The molecule has 0 aromatic carbocycles. The maximum absolute atomic E-state index is 12.1.